The molecule has 0 radical (unpaired) electrons. The van der Waals surface area contributed by atoms with Crippen molar-refractivity contribution in [2.45, 2.75) is 118 Å². The normalized spacial score (nSPS) is 16.3. The summed E-state index contributed by atoms with van der Waals surface area (Å²) >= 11 is 0. The molecule has 0 bridgehead atoms. The Balaban J connectivity index is 2.52. The maximum absolute atomic E-state index is 14.2. The van der Waals surface area contributed by atoms with Crippen LogP contribution in [-0.4, -0.2) is 43.5 Å². The number of rotatable bonds is 13. The van der Waals surface area contributed by atoms with Gasteiger partial charge in [0, 0.05) is 17.3 Å². The summed E-state index contributed by atoms with van der Waals surface area (Å²) in [5.41, 5.74) is 2.76. The lowest BCUT2D eigenvalue weighted by Crippen LogP contribution is -2.49. The molecule has 0 unspecified atom stereocenters. The van der Waals surface area contributed by atoms with Crippen molar-refractivity contribution < 1.29 is 23.9 Å². The van der Waals surface area contributed by atoms with Gasteiger partial charge in [-0.25, -0.2) is 4.79 Å². The summed E-state index contributed by atoms with van der Waals surface area (Å²) in [6.45, 7) is 23.8. The quantitative estimate of drug-likeness (QED) is 0.143. The molecule has 0 amide bonds. The highest BCUT2D eigenvalue weighted by Crippen LogP contribution is 2.41. The molecule has 232 valence electrons. The van der Waals surface area contributed by atoms with Crippen molar-refractivity contribution in [3.8, 4) is 0 Å². The standard InChI is InChI=1S/C36H54O5Si/c1-13-30(37)36(9,10)33(38)26(4)24(2)25(3)27(5)40-34(39)32(41-42(11,12)35(6,7)8)31(28-20-16-14-17-21-28)29-22-18-15-19-23-29/h14-23,26-27,30-32,37H,13H2,1-12H3/b25-24+/t26-,27+,30+,32-/m1/s1. The minimum Gasteiger partial charge on any atom is -0.456 e. The van der Waals surface area contributed by atoms with Crippen LogP contribution in [0.2, 0.25) is 18.1 Å². The number of aliphatic hydroxyl groups excluding tert-OH is 1. The fourth-order valence-electron chi connectivity index (χ4n) is 5.03. The topological polar surface area (TPSA) is 72.8 Å². The van der Waals surface area contributed by atoms with Crippen molar-refractivity contribution in [1.82, 2.24) is 0 Å². The van der Waals surface area contributed by atoms with Gasteiger partial charge in [-0.2, -0.15) is 0 Å². The molecule has 1 N–H and O–H groups in total. The third-order valence-electron chi connectivity index (χ3n) is 9.50. The Hall–Kier alpha value is -2.54. The Morgan fingerprint density at radius 1 is 0.833 bits per heavy atom. The lowest BCUT2D eigenvalue weighted by Gasteiger charge is -2.41. The number of benzene rings is 2. The fraction of sp³-hybridized carbons (Fsp3) is 0.556. The number of Topliss-reactive ketones (excluding diaryl/α,β-unsaturated/α-hetero) is 1. The van der Waals surface area contributed by atoms with Crippen molar-refractivity contribution >= 4 is 20.1 Å². The average molecular weight is 595 g/mol. The van der Waals surface area contributed by atoms with Gasteiger partial charge in [0.05, 0.1) is 6.10 Å². The third-order valence-corrected chi connectivity index (χ3v) is 14.0. The van der Waals surface area contributed by atoms with E-state index in [0.29, 0.717) is 6.42 Å². The molecule has 5 nitrogen and oxygen atoms in total. The molecule has 0 aliphatic heterocycles. The summed E-state index contributed by atoms with van der Waals surface area (Å²) in [7, 11) is -2.41. The van der Waals surface area contributed by atoms with E-state index in [4.69, 9.17) is 9.16 Å². The summed E-state index contributed by atoms with van der Waals surface area (Å²) in [5.74, 6) is -1.23. The number of allylic oxidation sites excluding steroid dienone is 1. The number of hydrogen-bond acceptors (Lipinski definition) is 5. The van der Waals surface area contributed by atoms with E-state index in [-0.39, 0.29) is 16.7 Å². The van der Waals surface area contributed by atoms with E-state index in [0.717, 1.165) is 22.3 Å². The molecule has 42 heavy (non-hydrogen) atoms. The fourth-order valence-corrected chi connectivity index (χ4v) is 6.25. The second kappa shape index (κ2) is 14.3. The zero-order valence-electron chi connectivity index (χ0n) is 27.9. The Labute approximate surface area is 255 Å². The van der Waals surface area contributed by atoms with Crippen LogP contribution in [0.1, 0.15) is 92.7 Å². The molecule has 0 heterocycles. The van der Waals surface area contributed by atoms with Crippen LogP contribution in [0.5, 0.6) is 0 Å². The second-order valence-electron chi connectivity index (χ2n) is 13.8. The first-order chi connectivity index (χ1) is 19.4. The maximum Gasteiger partial charge on any atom is 0.335 e. The number of carbonyl (C=O) groups excluding carboxylic acids is 2. The second-order valence-corrected chi connectivity index (χ2v) is 18.5. The van der Waals surface area contributed by atoms with E-state index < -0.39 is 43.9 Å². The van der Waals surface area contributed by atoms with Crippen molar-refractivity contribution in [2.24, 2.45) is 11.3 Å². The lowest BCUT2D eigenvalue weighted by atomic mass is 9.74. The van der Waals surface area contributed by atoms with Crippen LogP contribution in [0.4, 0.5) is 0 Å². The zero-order valence-corrected chi connectivity index (χ0v) is 28.9. The van der Waals surface area contributed by atoms with Gasteiger partial charge in [0.2, 0.25) is 0 Å². The Morgan fingerprint density at radius 3 is 1.69 bits per heavy atom. The molecule has 2 aromatic carbocycles. The summed E-state index contributed by atoms with van der Waals surface area (Å²) in [6.07, 6.45) is -1.65. The number of esters is 1. The molecule has 0 saturated carbocycles. The summed E-state index contributed by atoms with van der Waals surface area (Å²) < 4.78 is 13.1. The van der Waals surface area contributed by atoms with Gasteiger partial charge in [-0.15, -0.1) is 0 Å². The molecule has 4 atom stereocenters. The summed E-state index contributed by atoms with van der Waals surface area (Å²) in [5, 5.41) is 10.4. The van der Waals surface area contributed by atoms with E-state index in [9.17, 15) is 14.7 Å². The molecule has 0 spiro atoms. The zero-order chi connectivity index (χ0) is 32.0. The molecular weight excluding hydrogens is 540 g/mol. The van der Waals surface area contributed by atoms with Gasteiger partial charge in [0.1, 0.15) is 11.9 Å². The smallest absolute Gasteiger partial charge is 0.335 e. The van der Waals surface area contributed by atoms with Crippen LogP contribution < -0.4 is 0 Å². The monoisotopic (exact) mass is 594 g/mol. The van der Waals surface area contributed by atoms with E-state index >= 15 is 0 Å². The predicted octanol–water partition coefficient (Wildman–Crippen LogP) is 8.48. The van der Waals surface area contributed by atoms with Gasteiger partial charge >= 0.3 is 5.97 Å². The molecule has 0 saturated heterocycles. The third kappa shape index (κ3) is 8.30. The van der Waals surface area contributed by atoms with Crippen molar-refractivity contribution in [2.75, 3.05) is 0 Å². The van der Waals surface area contributed by atoms with Crippen LogP contribution in [-0.2, 0) is 18.8 Å². The van der Waals surface area contributed by atoms with Crippen LogP contribution in [0, 0.1) is 11.3 Å². The summed E-state index contributed by atoms with van der Waals surface area (Å²) in [4.78, 5) is 27.6. The van der Waals surface area contributed by atoms with Gasteiger partial charge in [-0.1, -0.05) is 115 Å². The highest BCUT2D eigenvalue weighted by Gasteiger charge is 2.45. The van der Waals surface area contributed by atoms with Gasteiger partial charge in [-0.3, -0.25) is 4.79 Å². The van der Waals surface area contributed by atoms with Crippen LogP contribution >= 0.6 is 0 Å². The maximum atomic E-state index is 14.2. The molecular formula is C36H54O5Si. The minimum absolute atomic E-state index is 0.0282. The minimum atomic E-state index is -2.41. The van der Waals surface area contributed by atoms with Gasteiger partial charge in [0.25, 0.3) is 0 Å². The van der Waals surface area contributed by atoms with Gasteiger partial charge in [-0.05, 0) is 62.0 Å². The number of ether oxygens (including phenoxy) is 1. The van der Waals surface area contributed by atoms with Crippen LogP contribution in [0.3, 0.4) is 0 Å². The number of hydrogen-bond donors (Lipinski definition) is 1. The van der Waals surface area contributed by atoms with E-state index in [2.05, 4.69) is 33.9 Å². The van der Waals surface area contributed by atoms with Crippen molar-refractivity contribution in [3.05, 3.63) is 82.9 Å². The largest absolute Gasteiger partial charge is 0.456 e. The van der Waals surface area contributed by atoms with E-state index in [1.807, 2.05) is 95.3 Å². The number of carbonyl (C=O) groups is 2. The Bertz CT molecular complexity index is 1170. The van der Waals surface area contributed by atoms with Crippen molar-refractivity contribution in [1.29, 1.82) is 0 Å². The average Bonchev–Trinajstić information content (AvgIpc) is 2.94. The molecule has 0 fully saturated rings. The molecule has 0 aromatic heterocycles. The van der Waals surface area contributed by atoms with Crippen LogP contribution in [0.15, 0.2) is 71.8 Å². The Morgan fingerprint density at radius 2 is 1.29 bits per heavy atom. The number of aliphatic hydroxyl groups is 1. The molecule has 2 aromatic rings. The summed E-state index contributed by atoms with van der Waals surface area (Å²) in [6, 6.07) is 20.0. The van der Waals surface area contributed by atoms with Crippen LogP contribution in [0.25, 0.3) is 0 Å². The first-order valence-corrected chi connectivity index (χ1v) is 18.1. The predicted molar refractivity (Wildman–Crippen MR) is 175 cm³/mol. The highest BCUT2D eigenvalue weighted by atomic mass is 28.4. The lowest BCUT2D eigenvalue weighted by molar-refractivity contribution is -0.156. The first kappa shape index (κ1) is 35.7. The molecule has 2 rings (SSSR count). The van der Waals surface area contributed by atoms with Gasteiger partial charge in [0.15, 0.2) is 14.4 Å². The van der Waals surface area contributed by atoms with Gasteiger partial charge < -0.3 is 14.3 Å². The van der Waals surface area contributed by atoms with Crippen molar-refractivity contribution in [3.63, 3.8) is 0 Å². The molecule has 0 aliphatic rings. The molecule has 0 aliphatic carbocycles. The van der Waals surface area contributed by atoms with E-state index in [1.54, 1.807) is 13.8 Å². The van der Waals surface area contributed by atoms with E-state index in [1.165, 1.54) is 0 Å². The highest BCUT2D eigenvalue weighted by molar-refractivity contribution is 6.74. The SMILES string of the molecule is CC[C@H](O)C(C)(C)C(=O)[C@H](C)/C(C)=C(\C)[C@H](C)OC(=O)[C@H](O[Si](C)(C)C(C)(C)C)C(c1ccccc1)c1ccccc1. The molecule has 6 heteroatoms. The Kier molecular flexibility index (Phi) is 12.1. The number of ketones is 1. The first-order valence-electron chi connectivity index (χ1n) is 15.2.